The number of urea groups is 1. The predicted octanol–water partition coefficient (Wildman–Crippen LogP) is -0.0275. The summed E-state index contributed by atoms with van der Waals surface area (Å²) in [6.45, 7) is 7.25. The summed E-state index contributed by atoms with van der Waals surface area (Å²) in [5.74, 6) is 0. The second-order valence-electron chi connectivity index (χ2n) is 3.15. The Morgan fingerprint density at radius 3 is 1.67 bits per heavy atom. The summed E-state index contributed by atoms with van der Waals surface area (Å²) in [7, 11) is 0. The van der Waals surface area contributed by atoms with Crippen molar-refractivity contribution in [1.29, 1.82) is 0 Å². The maximum atomic E-state index is 11.3. The van der Waals surface area contributed by atoms with Gasteiger partial charge in [0, 0.05) is 13.8 Å². The quantitative estimate of drug-likeness (QED) is 0.465. The number of carbonyl (C=O) groups is 1. The van der Waals surface area contributed by atoms with E-state index in [4.69, 9.17) is 4.79 Å². The van der Waals surface area contributed by atoms with E-state index in [1.54, 1.807) is 13.8 Å². The van der Waals surface area contributed by atoms with E-state index in [0.29, 0.717) is 11.4 Å². The Balaban J connectivity index is 0.000000423. The molecule has 15 heavy (non-hydrogen) atoms. The average molecular weight is 212 g/mol. The van der Waals surface area contributed by atoms with Gasteiger partial charge in [-0.25, -0.2) is 9.78 Å². The van der Waals surface area contributed by atoms with E-state index in [2.05, 4.69) is 16.5 Å². The first-order valence-corrected chi connectivity index (χ1v) is 4.36. The highest BCUT2D eigenvalue weighted by Crippen LogP contribution is 2.02. The smallest absolute Gasteiger partial charge is 0.309 e. The van der Waals surface area contributed by atoms with Gasteiger partial charge in [0.2, 0.25) is 11.4 Å². The van der Waals surface area contributed by atoms with Gasteiger partial charge in [0.1, 0.15) is 11.4 Å². The van der Waals surface area contributed by atoms with Gasteiger partial charge in [-0.1, -0.05) is 0 Å². The van der Waals surface area contributed by atoms with E-state index in [1.165, 1.54) is 0 Å². The highest BCUT2D eigenvalue weighted by molar-refractivity contribution is 5.69. The SMILES string of the molecule is Cc1nc(C)c(C)[n+]([O-])c1C.NC(N)=O. The van der Waals surface area contributed by atoms with Crippen molar-refractivity contribution in [2.75, 3.05) is 0 Å². The third-order valence-corrected chi connectivity index (χ3v) is 1.99. The maximum absolute atomic E-state index is 11.3. The van der Waals surface area contributed by atoms with Gasteiger partial charge in [-0.2, -0.15) is 4.73 Å². The topological polar surface area (TPSA) is 109 Å². The van der Waals surface area contributed by atoms with E-state index in [1.807, 2.05) is 13.8 Å². The summed E-state index contributed by atoms with van der Waals surface area (Å²) < 4.78 is 0.928. The molecule has 1 aromatic heterocycles. The Morgan fingerprint density at radius 1 is 1.13 bits per heavy atom. The van der Waals surface area contributed by atoms with Gasteiger partial charge < -0.3 is 16.7 Å². The molecule has 0 saturated carbocycles. The predicted molar refractivity (Wildman–Crippen MR) is 55.9 cm³/mol. The molecule has 0 unspecified atom stereocenters. The highest BCUT2D eigenvalue weighted by Gasteiger charge is 2.10. The first-order chi connectivity index (χ1) is 6.77. The molecule has 6 nitrogen and oxygen atoms in total. The highest BCUT2D eigenvalue weighted by atomic mass is 16.5. The van der Waals surface area contributed by atoms with E-state index in [-0.39, 0.29) is 0 Å². The summed E-state index contributed by atoms with van der Waals surface area (Å²) in [5, 5.41) is 11.3. The van der Waals surface area contributed by atoms with Crippen molar-refractivity contribution in [3.05, 3.63) is 28.0 Å². The number of amides is 2. The summed E-state index contributed by atoms with van der Waals surface area (Å²) >= 11 is 0. The van der Waals surface area contributed by atoms with Crippen LogP contribution in [0.5, 0.6) is 0 Å². The molecular weight excluding hydrogens is 196 g/mol. The van der Waals surface area contributed by atoms with Crippen molar-refractivity contribution in [3.8, 4) is 0 Å². The normalized spacial score (nSPS) is 9.07. The molecule has 0 spiro atoms. The Hall–Kier alpha value is -1.85. The monoisotopic (exact) mass is 212 g/mol. The van der Waals surface area contributed by atoms with Crippen LogP contribution in [0.15, 0.2) is 0 Å². The molecular formula is C9H16N4O2. The van der Waals surface area contributed by atoms with Crippen LogP contribution in [-0.4, -0.2) is 11.0 Å². The summed E-state index contributed by atoms with van der Waals surface area (Å²) in [5.41, 5.74) is 11.5. The largest absolute Gasteiger partial charge is 0.618 e. The Morgan fingerprint density at radius 2 is 1.40 bits per heavy atom. The molecule has 0 radical (unpaired) electrons. The standard InChI is InChI=1S/C8H12N2O.CH4N2O/c1-5-7(3)10(11)8(4)6(2)9-5;2-1(3)4/h1-4H3;(H4,2,3,4). The number of aromatic nitrogens is 2. The number of nitrogens with two attached hydrogens (primary N) is 2. The second kappa shape index (κ2) is 5.14. The van der Waals surface area contributed by atoms with Crippen LogP contribution in [0.1, 0.15) is 22.8 Å². The molecule has 1 heterocycles. The lowest BCUT2D eigenvalue weighted by Gasteiger charge is -2.07. The maximum Gasteiger partial charge on any atom is 0.309 e. The lowest BCUT2D eigenvalue weighted by molar-refractivity contribution is -0.620. The number of nitrogens with zero attached hydrogens (tertiary/aromatic N) is 2. The molecule has 2 amide bonds. The molecule has 1 aromatic rings. The summed E-state index contributed by atoms with van der Waals surface area (Å²) in [6.07, 6.45) is 0. The first-order valence-electron chi connectivity index (χ1n) is 4.36. The van der Waals surface area contributed by atoms with E-state index < -0.39 is 6.03 Å². The number of hydrogen-bond donors (Lipinski definition) is 2. The van der Waals surface area contributed by atoms with Gasteiger partial charge in [0.05, 0.1) is 0 Å². The summed E-state index contributed by atoms with van der Waals surface area (Å²) in [4.78, 5) is 13.2. The molecule has 0 aliphatic carbocycles. The molecule has 0 fully saturated rings. The Labute approximate surface area is 88.5 Å². The number of hydrogen-bond acceptors (Lipinski definition) is 3. The number of rotatable bonds is 0. The molecule has 0 bridgehead atoms. The summed E-state index contributed by atoms with van der Waals surface area (Å²) in [6, 6.07) is -0.833. The van der Waals surface area contributed by atoms with Gasteiger partial charge >= 0.3 is 6.03 Å². The Kier molecular flexibility index (Phi) is 4.50. The van der Waals surface area contributed by atoms with Crippen LogP contribution in [0, 0.1) is 32.9 Å². The van der Waals surface area contributed by atoms with Gasteiger partial charge in [-0.05, 0) is 13.8 Å². The van der Waals surface area contributed by atoms with Crippen molar-refractivity contribution >= 4 is 6.03 Å². The van der Waals surface area contributed by atoms with Crippen molar-refractivity contribution in [3.63, 3.8) is 0 Å². The average Bonchev–Trinajstić information content (AvgIpc) is 2.11. The first kappa shape index (κ1) is 13.2. The van der Waals surface area contributed by atoms with Gasteiger partial charge in [-0.3, -0.25) is 0 Å². The molecule has 0 saturated heterocycles. The third-order valence-electron chi connectivity index (χ3n) is 1.99. The zero-order chi connectivity index (χ0) is 12.2. The lowest BCUT2D eigenvalue weighted by Crippen LogP contribution is -2.36. The molecule has 0 aromatic carbocycles. The van der Waals surface area contributed by atoms with E-state index >= 15 is 0 Å². The molecule has 1 rings (SSSR count). The minimum absolute atomic E-state index is 0.688. The lowest BCUT2D eigenvalue weighted by atomic mass is 10.3. The number of carbonyl (C=O) groups excluding carboxylic acids is 1. The van der Waals surface area contributed by atoms with Crippen LogP contribution in [0.25, 0.3) is 0 Å². The Bertz CT molecular complexity index is 347. The van der Waals surface area contributed by atoms with Crippen LogP contribution in [0.2, 0.25) is 0 Å². The van der Waals surface area contributed by atoms with Crippen molar-refractivity contribution < 1.29 is 9.52 Å². The van der Waals surface area contributed by atoms with Crippen LogP contribution >= 0.6 is 0 Å². The molecule has 6 heteroatoms. The number of aryl methyl sites for hydroxylation is 2. The van der Waals surface area contributed by atoms with Crippen molar-refractivity contribution in [1.82, 2.24) is 4.98 Å². The van der Waals surface area contributed by atoms with Crippen LogP contribution < -0.4 is 16.2 Å². The molecule has 84 valence electrons. The fourth-order valence-electron chi connectivity index (χ4n) is 0.959. The van der Waals surface area contributed by atoms with Crippen LogP contribution in [0.3, 0.4) is 0 Å². The van der Waals surface area contributed by atoms with Crippen LogP contribution in [-0.2, 0) is 0 Å². The zero-order valence-corrected chi connectivity index (χ0v) is 9.37. The van der Waals surface area contributed by atoms with Crippen LogP contribution in [0.4, 0.5) is 4.79 Å². The van der Waals surface area contributed by atoms with Gasteiger partial charge in [0.25, 0.3) is 0 Å². The van der Waals surface area contributed by atoms with Gasteiger partial charge in [-0.15, -0.1) is 0 Å². The fourth-order valence-corrected chi connectivity index (χ4v) is 0.959. The second-order valence-corrected chi connectivity index (χ2v) is 3.15. The molecule has 0 aliphatic heterocycles. The number of primary amides is 2. The third kappa shape index (κ3) is 3.80. The fraction of sp³-hybridized carbons (Fsp3) is 0.444. The molecule has 4 N–H and O–H groups in total. The molecule has 0 atom stereocenters. The van der Waals surface area contributed by atoms with Gasteiger partial charge in [0.15, 0.2) is 0 Å². The minimum atomic E-state index is -0.833. The van der Waals surface area contributed by atoms with Crippen molar-refractivity contribution in [2.45, 2.75) is 27.7 Å². The minimum Gasteiger partial charge on any atom is -0.618 e. The molecule has 0 aliphatic rings. The zero-order valence-electron chi connectivity index (χ0n) is 9.37. The van der Waals surface area contributed by atoms with E-state index in [0.717, 1.165) is 16.1 Å². The van der Waals surface area contributed by atoms with Crippen molar-refractivity contribution in [2.24, 2.45) is 11.5 Å². The van der Waals surface area contributed by atoms with E-state index in [9.17, 15) is 5.21 Å².